The number of hydrogen-bond donors (Lipinski definition) is 0. The van der Waals surface area contributed by atoms with Crippen molar-refractivity contribution in [2.45, 2.75) is 38.1 Å². The molecular formula is C17H18N2O. The Kier molecular flexibility index (Phi) is 3.56. The maximum atomic E-state index is 12.7. The van der Waals surface area contributed by atoms with E-state index < -0.39 is 6.04 Å². The van der Waals surface area contributed by atoms with Gasteiger partial charge in [0, 0.05) is 12.1 Å². The van der Waals surface area contributed by atoms with E-state index in [1.54, 1.807) is 11.1 Å². The number of hydrogen-bond acceptors (Lipinski definition) is 2. The fourth-order valence-electron chi connectivity index (χ4n) is 3.20. The predicted octanol–water partition coefficient (Wildman–Crippen LogP) is 3.64. The molecule has 0 saturated heterocycles. The molecule has 1 fully saturated rings. The molecule has 1 aliphatic heterocycles. The van der Waals surface area contributed by atoms with Crippen molar-refractivity contribution in [2.75, 3.05) is 0 Å². The largest absolute Gasteiger partial charge is 0.298 e. The molecule has 1 saturated carbocycles. The van der Waals surface area contributed by atoms with Gasteiger partial charge in [-0.3, -0.25) is 9.69 Å². The minimum atomic E-state index is -0.481. The summed E-state index contributed by atoms with van der Waals surface area (Å²) in [6.07, 6.45) is 9.12. The van der Waals surface area contributed by atoms with E-state index in [1.807, 2.05) is 30.3 Å². The minimum absolute atomic E-state index is 0.0921. The van der Waals surface area contributed by atoms with Crippen LogP contribution in [0.1, 0.15) is 49.3 Å². The number of fused-ring (bicyclic) bond motifs is 1. The van der Waals surface area contributed by atoms with Gasteiger partial charge < -0.3 is 0 Å². The third kappa shape index (κ3) is 2.22. The third-order valence-corrected chi connectivity index (χ3v) is 4.31. The van der Waals surface area contributed by atoms with Crippen LogP contribution >= 0.6 is 0 Å². The highest BCUT2D eigenvalue weighted by Gasteiger charge is 2.32. The van der Waals surface area contributed by atoms with E-state index in [-0.39, 0.29) is 11.8 Å². The van der Waals surface area contributed by atoms with Crippen LogP contribution in [-0.2, 0) is 4.79 Å². The average Bonchev–Trinajstić information content (AvgIpc) is 2.54. The van der Waals surface area contributed by atoms with Gasteiger partial charge in [-0.1, -0.05) is 43.5 Å². The Bertz CT molecular complexity index is 579. The van der Waals surface area contributed by atoms with Crippen molar-refractivity contribution in [3.63, 3.8) is 0 Å². The zero-order chi connectivity index (χ0) is 13.9. The van der Waals surface area contributed by atoms with Crippen LogP contribution < -0.4 is 0 Å². The minimum Gasteiger partial charge on any atom is -0.298 e. The van der Waals surface area contributed by atoms with E-state index in [1.165, 1.54) is 6.42 Å². The van der Waals surface area contributed by atoms with Gasteiger partial charge in [0.25, 0.3) is 0 Å². The molecule has 3 heteroatoms. The Labute approximate surface area is 119 Å². The second kappa shape index (κ2) is 5.50. The average molecular weight is 266 g/mol. The van der Waals surface area contributed by atoms with Crippen LogP contribution in [0.15, 0.2) is 30.5 Å². The molecule has 0 spiro atoms. The maximum absolute atomic E-state index is 12.7. The summed E-state index contributed by atoms with van der Waals surface area (Å²) in [5, 5.41) is 9.48. The van der Waals surface area contributed by atoms with E-state index in [0.717, 1.165) is 36.8 Å². The van der Waals surface area contributed by atoms with E-state index >= 15 is 0 Å². The van der Waals surface area contributed by atoms with Crippen LogP contribution in [0.25, 0.3) is 6.08 Å². The zero-order valence-corrected chi connectivity index (χ0v) is 11.5. The highest BCUT2D eigenvalue weighted by molar-refractivity contribution is 5.83. The van der Waals surface area contributed by atoms with E-state index in [9.17, 15) is 10.1 Å². The molecule has 1 atom stereocenters. The molecule has 1 aromatic rings. The van der Waals surface area contributed by atoms with Crippen molar-refractivity contribution >= 4 is 12.0 Å². The first kappa shape index (κ1) is 12.9. The second-order valence-corrected chi connectivity index (χ2v) is 5.56. The van der Waals surface area contributed by atoms with Crippen LogP contribution in [0.3, 0.4) is 0 Å². The van der Waals surface area contributed by atoms with Crippen LogP contribution in [0, 0.1) is 17.2 Å². The monoisotopic (exact) mass is 266 g/mol. The molecule has 20 heavy (non-hydrogen) atoms. The van der Waals surface area contributed by atoms with Gasteiger partial charge in [0.15, 0.2) is 0 Å². The number of nitriles is 1. The molecule has 102 valence electrons. The molecular weight excluding hydrogens is 248 g/mol. The predicted molar refractivity (Wildman–Crippen MR) is 77.3 cm³/mol. The van der Waals surface area contributed by atoms with Crippen molar-refractivity contribution in [3.05, 3.63) is 41.6 Å². The van der Waals surface area contributed by atoms with Gasteiger partial charge in [0.1, 0.15) is 6.04 Å². The lowest BCUT2D eigenvalue weighted by atomic mass is 9.87. The summed E-state index contributed by atoms with van der Waals surface area (Å²) < 4.78 is 0. The summed E-state index contributed by atoms with van der Waals surface area (Å²) in [5.74, 6) is 0.205. The van der Waals surface area contributed by atoms with Gasteiger partial charge in [-0.25, -0.2) is 0 Å². The molecule has 1 heterocycles. The highest BCUT2D eigenvalue weighted by atomic mass is 16.2. The Morgan fingerprint density at radius 3 is 2.70 bits per heavy atom. The number of benzene rings is 1. The molecule has 1 amide bonds. The van der Waals surface area contributed by atoms with Crippen molar-refractivity contribution in [1.29, 1.82) is 5.26 Å². The molecule has 0 bridgehead atoms. The molecule has 3 nitrogen and oxygen atoms in total. The summed E-state index contributed by atoms with van der Waals surface area (Å²) in [6.45, 7) is 0. The topological polar surface area (TPSA) is 44.1 Å². The molecule has 0 N–H and O–H groups in total. The Morgan fingerprint density at radius 1 is 1.20 bits per heavy atom. The van der Waals surface area contributed by atoms with Crippen molar-refractivity contribution < 1.29 is 4.79 Å². The Balaban J connectivity index is 1.88. The summed E-state index contributed by atoms with van der Waals surface area (Å²) in [7, 11) is 0. The van der Waals surface area contributed by atoms with Gasteiger partial charge in [0.2, 0.25) is 5.91 Å². The third-order valence-electron chi connectivity index (χ3n) is 4.31. The van der Waals surface area contributed by atoms with Crippen molar-refractivity contribution in [1.82, 2.24) is 4.90 Å². The Morgan fingerprint density at radius 2 is 1.95 bits per heavy atom. The van der Waals surface area contributed by atoms with Crippen LogP contribution in [0.5, 0.6) is 0 Å². The van der Waals surface area contributed by atoms with E-state index in [0.29, 0.717) is 0 Å². The zero-order valence-electron chi connectivity index (χ0n) is 11.5. The molecule has 0 aromatic heterocycles. The van der Waals surface area contributed by atoms with Gasteiger partial charge in [-0.15, -0.1) is 0 Å². The normalized spacial score (nSPS) is 22.1. The van der Waals surface area contributed by atoms with Gasteiger partial charge in [-0.05, 0) is 30.0 Å². The summed E-state index contributed by atoms with van der Waals surface area (Å²) >= 11 is 0. The van der Waals surface area contributed by atoms with E-state index in [2.05, 4.69) is 6.07 Å². The van der Waals surface area contributed by atoms with Crippen LogP contribution in [0.4, 0.5) is 0 Å². The SMILES string of the molecule is N#CC1c2ccccc2C=CN1C(=O)C1CCCCC1. The van der Waals surface area contributed by atoms with Gasteiger partial charge >= 0.3 is 0 Å². The first-order valence-corrected chi connectivity index (χ1v) is 7.30. The summed E-state index contributed by atoms with van der Waals surface area (Å²) in [6, 6.07) is 9.60. The standard InChI is InChI=1S/C17H18N2O/c18-12-16-15-9-5-4-6-13(15)10-11-19(16)17(20)14-7-2-1-3-8-14/h4-6,9-11,14,16H,1-3,7-8H2. The van der Waals surface area contributed by atoms with Gasteiger partial charge in [-0.2, -0.15) is 5.26 Å². The Hall–Kier alpha value is -2.08. The van der Waals surface area contributed by atoms with Crippen LogP contribution in [0.2, 0.25) is 0 Å². The van der Waals surface area contributed by atoms with Crippen molar-refractivity contribution in [2.24, 2.45) is 5.92 Å². The number of amides is 1. The molecule has 0 radical (unpaired) electrons. The lowest BCUT2D eigenvalue weighted by molar-refractivity contribution is -0.135. The number of nitrogens with zero attached hydrogens (tertiary/aromatic N) is 2. The molecule has 1 aliphatic carbocycles. The first-order valence-electron chi connectivity index (χ1n) is 7.30. The maximum Gasteiger partial charge on any atom is 0.231 e. The lowest BCUT2D eigenvalue weighted by Gasteiger charge is -2.32. The van der Waals surface area contributed by atoms with Gasteiger partial charge in [0.05, 0.1) is 6.07 Å². The fourth-order valence-corrected chi connectivity index (χ4v) is 3.20. The fraction of sp³-hybridized carbons (Fsp3) is 0.412. The lowest BCUT2D eigenvalue weighted by Crippen LogP contribution is -2.37. The number of carbonyl (C=O) groups is 1. The summed E-state index contributed by atoms with van der Waals surface area (Å²) in [4.78, 5) is 14.3. The molecule has 2 aliphatic rings. The molecule has 3 rings (SSSR count). The number of carbonyl (C=O) groups excluding carboxylic acids is 1. The quantitative estimate of drug-likeness (QED) is 0.778. The van der Waals surface area contributed by atoms with E-state index in [4.69, 9.17) is 0 Å². The smallest absolute Gasteiger partial charge is 0.231 e. The highest BCUT2D eigenvalue weighted by Crippen LogP contribution is 2.33. The van der Waals surface area contributed by atoms with Crippen LogP contribution in [-0.4, -0.2) is 10.8 Å². The summed E-state index contributed by atoms with van der Waals surface area (Å²) in [5.41, 5.74) is 1.97. The first-order chi connectivity index (χ1) is 9.81. The second-order valence-electron chi connectivity index (χ2n) is 5.56. The molecule has 1 unspecified atom stereocenters. The van der Waals surface area contributed by atoms with Crippen molar-refractivity contribution in [3.8, 4) is 6.07 Å². The molecule has 1 aromatic carbocycles. The number of rotatable bonds is 1.